The fraction of sp³-hybridized carbons (Fsp3) is 0.423. The maximum absolute atomic E-state index is 12.5. The number of hydrogen-bond acceptors (Lipinski definition) is 7. The molecule has 0 bridgehead atoms. The highest BCUT2D eigenvalue weighted by atomic mass is 16.5. The van der Waals surface area contributed by atoms with Crippen molar-refractivity contribution in [2.45, 2.75) is 44.9 Å². The van der Waals surface area contributed by atoms with Crippen molar-refractivity contribution in [3.63, 3.8) is 0 Å². The second kappa shape index (κ2) is 8.88. The Hall–Kier alpha value is -3.59. The summed E-state index contributed by atoms with van der Waals surface area (Å²) in [5, 5.41) is 5.99. The van der Waals surface area contributed by atoms with Gasteiger partial charge in [0.1, 0.15) is 12.0 Å². The molecule has 1 saturated heterocycles. The van der Waals surface area contributed by atoms with Gasteiger partial charge in [0, 0.05) is 42.1 Å². The third-order valence-electron chi connectivity index (χ3n) is 7.19. The molecule has 1 atom stereocenters. The number of rotatable bonds is 5. The molecule has 0 radical (unpaired) electrons. The summed E-state index contributed by atoms with van der Waals surface area (Å²) in [6, 6.07) is 8.58. The first-order chi connectivity index (χ1) is 17.1. The van der Waals surface area contributed by atoms with E-state index in [1.54, 1.807) is 6.20 Å². The van der Waals surface area contributed by atoms with Crippen LogP contribution in [-0.2, 0) is 14.3 Å². The maximum atomic E-state index is 12.5. The van der Waals surface area contributed by atoms with Crippen molar-refractivity contribution in [3.05, 3.63) is 59.9 Å². The lowest BCUT2D eigenvalue weighted by Crippen LogP contribution is -2.38. The Morgan fingerprint density at radius 3 is 2.66 bits per heavy atom. The molecule has 3 aromatic rings. The van der Waals surface area contributed by atoms with Crippen LogP contribution in [0.2, 0.25) is 0 Å². The third-order valence-corrected chi connectivity index (χ3v) is 7.19. The summed E-state index contributed by atoms with van der Waals surface area (Å²) in [6.07, 6.45) is 9.65. The van der Waals surface area contributed by atoms with Gasteiger partial charge in [-0.15, -0.1) is 0 Å². The van der Waals surface area contributed by atoms with E-state index in [-0.39, 0.29) is 0 Å². The number of nitrogens with two attached hydrogens (primary N) is 1. The summed E-state index contributed by atoms with van der Waals surface area (Å²) < 4.78 is 13.8. The zero-order valence-electron chi connectivity index (χ0n) is 19.9. The van der Waals surface area contributed by atoms with Crippen molar-refractivity contribution in [1.82, 2.24) is 14.8 Å². The van der Waals surface area contributed by atoms with Crippen LogP contribution in [0.15, 0.2) is 48.6 Å². The number of morpholine rings is 1. The molecule has 1 unspecified atom stereocenters. The molecule has 1 saturated carbocycles. The molecule has 2 aromatic heterocycles. The maximum Gasteiger partial charge on any atom is 0.268 e. The Kier molecular flexibility index (Phi) is 5.56. The minimum Gasteiger partial charge on any atom is -0.471 e. The number of benzene rings is 1. The fourth-order valence-corrected chi connectivity index (χ4v) is 5.43. The summed E-state index contributed by atoms with van der Waals surface area (Å²) in [6.45, 7) is 4.75. The topological polar surface area (TPSA) is 98.7 Å². The molecule has 9 nitrogen and oxygen atoms in total. The van der Waals surface area contributed by atoms with Gasteiger partial charge in [0.05, 0.1) is 36.1 Å². The van der Waals surface area contributed by atoms with E-state index in [0.29, 0.717) is 25.0 Å². The van der Waals surface area contributed by atoms with Crippen LogP contribution in [0.4, 0.5) is 11.4 Å². The Morgan fingerprint density at radius 2 is 1.91 bits per heavy atom. The second-order valence-electron chi connectivity index (χ2n) is 9.50. The summed E-state index contributed by atoms with van der Waals surface area (Å²) in [5.74, 6) is -0.534. The van der Waals surface area contributed by atoms with Gasteiger partial charge >= 0.3 is 0 Å². The monoisotopic (exact) mass is 474 g/mol. The van der Waals surface area contributed by atoms with Gasteiger partial charge < -0.3 is 20.1 Å². The summed E-state index contributed by atoms with van der Waals surface area (Å²) in [7, 11) is 0. The Bertz CT molecular complexity index is 1290. The van der Waals surface area contributed by atoms with Gasteiger partial charge in [0.15, 0.2) is 0 Å². The van der Waals surface area contributed by atoms with Crippen molar-refractivity contribution in [2.75, 3.05) is 36.1 Å². The SMILES string of the molecule is Cc1cc(C2OC=C(C(N)=O)N2c2cc3cn(C4CCCC4)nc3cc2N2CCOCC2)ccn1. The predicted octanol–water partition coefficient (Wildman–Crippen LogP) is 3.55. The zero-order chi connectivity index (χ0) is 23.9. The molecule has 4 heterocycles. The van der Waals surface area contributed by atoms with Crippen molar-refractivity contribution >= 4 is 28.2 Å². The molecule has 1 aromatic carbocycles. The van der Waals surface area contributed by atoms with E-state index in [4.69, 9.17) is 20.3 Å². The molecule has 3 aliphatic rings. The Labute approximate surface area is 204 Å². The highest BCUT2D eigenvalue weighted by molar-refractivity contribution is 6.00. The van der Waals surface area contributed by atoms with Crippen molar-refractivity contribution < 1.29 is 14.3 Å². The molecule has 2 fully saturated rings. The minimum absolute atomic E-state index is 0.321. The average molecular weight is 475 g/mol. The molecule has 35 heavy (non-hydrogen) atoms. The average Bonchev–Trinajstić information content (AvgIpc) is 3.62. The van der Waals surface area contributed by atoms with E-state index >= 15 is 0 Å². The molecule has 9 heteroatoms. The van der Waals surface area contributed by atoms with Crippen molar-refractivity contribution in [1.29, 1.82) is 0 Å². The quantitative estimate of drug-likeness (QED) is 0.604. The first kappa shape index (κ1) is 21.9. The van der Waals surface area contributed by atoms with Gasteiger partial charge in [0.2, 0.25) is 6.23 Å². The number of aromatic nitrogens is 3. The molecule has 1 amide bonds. The van der Waals surface area contributed by atoms with Crippen LogP contribution in [-0.4, -0.2) is 47.0 Å². The van der Waals surface area contributed by atoms with Crippen LogP contribution < -0.4 is 15.5 Å². The van der Waals surface area contributed by atoms with Crippen molar-refractivity contribution in [2.24, 2.45) is 5.73 Å². The van der Waals surface area contributed by atoms with Crippen LogP contribution in [0.5, 0.6) is 0 Å². The largest absolute Gasteiger partial charge is 0.471 e. The van der Waals surface area contributed by atoms with E-state index in [2.05, 4.69) is 32.9 Å². The molecule has 182 valence electrons. The van der Waals surface area contributed by atoms with Crippen LogP contribution in [0.3, 0.4) is 0 Å². The molecule has 2 aliphatic heterocycles. The number of carbonyl (C=O) groups is 1. The normalized spacial score (nSPS) is 20.9. The van der Waals surface area contributed by atoms with Crippen LogP contribution in [0.1, 0.15) is 49.2 Å². The van der Waals surface area contributed by atoms with Crippen LogP contribution in [0.25, 0.3) is 10.9 Å². The van der Waals surface area contributed by atoms with E-state index < -0.39 is 12.1 Å². The van der Waals surface area contributed by atoms with E-state index in [9.17, 15) is 4.79 Å². The Balaban J connectivity index is 1.51. The van der Waals surface area contributed by atoms with E-state index in [1.165, 1.54) is 19.1 Å². The van der Waals surface area contributed by atoms with Crippen LogP contribution in [0, 0.1) is 6.92 Å². The molecule has 1 aliphatic carbocycles. The number of primary amides is 1. The minimum atomic E-state index is -0.534. The first-order valence-electron chi connectivity index (χ1n) is 12.3. The predicted molar refractivity (Wildman–Crippen MR) is 133 cm³/mol. The van der Waals surface area contributed by atoms with Crippen molar-refractivity contribution in [3.8, 4) is 0 Å². The fourth-order valence-electron chi connectivity index (χ4n) is 5.43. The first-order valence-corrected chi connectivity index (χ1v) is 12.3. The van der Waals surface area contributed by atoms with Gasteiger partial charge in [-0.2, -0.15) is 5.10 Å². The summed E-state index contributed by atoms with van der Waals surface area (Å²) >= 11 is 0. The van der Waals surface area contributed by atoms with Gasteiger partial charge in [0.25, 0.3) is 5.91 Å². The molecule has 0 spiro atoms. The van der Waals surface area contributed by atoms with E-state index in [0.717, 1.165) is 59.5 Å². The van der Waals surface area contributed by atoms with Gasteiger partial charge in [-0.1, -0.05) is 12.8 Å². The molecular formula is C26H30N6O3. The standard InChI is InChI=1S/C26H30N6O3/c1-17-12-18(6-7-28-17)26-32(24(16-35-26)25(27)33)23-13-19-15-31(20-4-2-3-5-20)29-21(19)14-22(23)30-8-10-34-11-9-30/h6-7,12-16,20,26H,2-5,8-11H2,1H3,(H2,27,33). The second-order valence-corrected chi connectivity index (χ2v) is 9.50. The van der Waals surface area contributed by atoms with Gasteiger partial charge in [-0.05, 0) is 44.0 Å². The zero-order valence-corrected chi connectivity index (χ0v) is 19.9. The number of fused-ring (bicyclic) bond motifs is 1. The van der Waals surface area contributed by atoms with Gasteiger partial charge in [-0.3, -0.25) is 19.4 Å². The molecule has 2 N–H and O–H groups in total. The number of aryl methyl sites for hydroxylation is 1. The number of ether oxygens (including phenoxy) is 2. The number of carbonyl (C=O) groups excluding carboxylic acids is 1. The highest BCUT2D eigenvalue weighted by Crippen LogP contribution is 2.44. The highest BCUT2D eigenvalue weighted by Gasteiger charge is 2.36. The lowest BCUT2D eigenvalue weighted by Gasteiger charge is -2.35. The number of anilines is 2. The Morgan fingerprint density at radius 1 is 1.11 bits per heavy atom. The smallest absolute Gasteiger partial charge is 0.268 e. The summed E-state index contributed by atoms with van der Waals surface area (Å²) in [5.41, 5.74) is 10.7. The lowest BCUT2D eigenvalue weighted by molar-refractivity contribution is -0.114. The molecular weight excluding hydrogens is 444 g/mol. The number of amides is 1. The number of nitrogens with zero attached hydrogens (tertiary/aromatic N) is 5. The van der Waals surface area contributed by atoms with Crippen LogP contribution >= 0.6 is 0 Å². The number of hydrogen-bond donors (Lipinski definition) is 1. The third kappa shape index (κ3) is 3.99. The lowest BCUT2D eigenvalue weighted by atomic mass is 10.1. The van der Waals surface area contributed by atoms with E-state index in [1.807, 2.05) is 24.0 Å². The summed E-state index contributed by atoms with van der Waals surface area (Å²) in [4.78, 5) is 21.0. The molecule has 6 rings (SSSR count). The van der Waals surface area contributed by atoms with Gasteiger partial charge in [-0.25, -0.2) is 0 Å². The number of pyridine rings is 1.